The molecule has 0 bridgehead atoms. The molecular weight excluding hydrogens is 249 g/mol. The van der Waals surface area contributed by atoms with Gasteiger partial charge in [-0.05, 0) is 42.3 Å². The molecule has 0 spiro atoms. The van der Waals surface area contributed by atoms with Crippen LogP contribution in [0.1, 0.15) is 11.1 Å². The summed E-state index contributed by atoms with van der Waals surface area (Å²) in [4.78, 5) is 10.0. The molecule has 0 atom stereocenters. The van der Waals surface area contributed by atoms with Gasteiger partial charge in [0.2, 0.25) is 0 Å². The van der Waals surface area contributed by atoms with Crippen molar-refractivity contribution < 1.29 is 14.1 Å². The lowest BCUT2D eigenvalue weighted by molar-refractivity contribution is -0.384. The lowest BCUT2D eigenvalue weighted by Gasteiger charge is -2.08. The zero-order valence-corrected chi connectivity index (χ0v) is 10.3. The number of aryl methyl sites for hydroxylation is 1. The second-order valence-electron chi connectivity index (χ2n) is 4.15. The molecule has 2 rings (SSSR count). The van der Waals surface area contributed by atoms with Crippen molar-refractivity contribution in [2.45, 2.75) is 13.5 Å². The standard InChI is InChI=1S/C14H12FNO3/c1-10-2-7-13(15)14(8-10)19-9-11-3-5-12(6-4-11)16(17)18/h2-8H,9H2,1H3. The van der Waals surface area contributed by atoms with Crippen molar-refractivity contribution in [2.75, 3.05) is 0 Å². The minimum atomic E-state index is -0.467. The van der Waals surface area contributed by atoms with Gasteiger partial charge in [-0.25, -0.2) is 4.39 Å². The molecule has 2 aromatic rings. The highest BCUT2D eigenvalue weighted by Gasteiger charge is 2.06. The summed E-state index contributed by atoms with van der Waals surface area (Å²) >= 11 is 0. The fourth-order valence-electron chi connectivity index (χ4n) is 1.60. The van der Waals surface area contributed by atoms with E-state index in [1.54, 1.807) is 24.3 Å². The molecule has 5 heteroatoms. The summed E-state index contributed by atoms with van der Waals surface area (Å²) in [7, 11) is 0. The maximum Gasteiger partial charge on any atom is 0.269 e. The van der Waals surface area contributed by atoms with E-state index in [4.69, 9.17) is 4.74 Å². The third-order valence-corrected chi connectivity index (χ3v) is 2.63. The van der Waals surface area contributed by atoms with Crippen molar-refractivity contribution >= 4 is 5.69 Å². The van der Waals surface area contributed by atoms with Crippen LogP contribution >= 0.6 is 0 Å². The van der Waals surface area contributed by atoms with Crippen LogP contribution in [0, 0.1) is 22.9 Å². The molecular formula is C14H12FNO3. The van der Waals surface area contributed by atoms with E-state index in [1.807, 2.05) is 6.92 Å². The van der Waals surface area contributed by atoms with E-state index in [0.29, 0.717) is 0 Å². The fraction of sp³-hybridized carbons (Fsp3) is 0.143. The monoisotopic (exact) mass is 261 g/mol. The second kappa shape index (κ2) is 5.48. The highest BCUT2D eigenvalue weighted by atomic mass is 19.1. The topological polar surface area (TPSA) is 52.4 Å². The number of nitro benzene ring substituents is 1. The number of nitro groups is 1. The number of benzene rings is 2. The van der Waals surface area contributed by atoms with Crippen molar-refractivity contribution in [3.8, 4) is 5.75 Å². The number of hydrogen-bond acceptors (Lipinski definition) is 3. The highest BCUT2D eigenvalue weighted by molar-refractivity contribution is 5.33. The van der Waals surface area contributed by atoms with Crippen LogP contribution in [0.4, 0.5) is 10.1 Å². The SMILES string of the molecule is Cc1ccc(F)c(OCc2ccc([N+](=O)[O-])cc2)c1. The van der Waals surface area contributed by atoms with Crippen LogP contribution in [0.15, 0.2) is 42.5 Å². The maximum absolute atomic E-state index is 13.4. The van der Waals surface area contributed by atoms with Gasteiger partial charge in [-0.1, -0.05) is 6.07 Å². The van der Waals surface area contributed by atoms with Crippen molar-refractivity contribution in [1.82, 2.24) is 0 Å². The predicted molar refractivity (Wildman–Crippen MR) is 68.6 cm³/mol. The van der Waals surface area contributed by atoms with E-state index in [9.17, 15) is 14.5 Å². The van der Waals surface area contributed by atoms with E-state index in [0.717, 1.165) is 11.1 Å². The molecule has 0 radical (unpaired) electrons. The molecule has 2 aromatic carbocycles. The van der Waals surface area contributed by atoms with E-state index in [2.05, 4.69) is 0 Å². The van der Waals surface area contributed by atoms with Crippen molar-refractivity contribution in [3.63, 3.8) is 0 Å². The number of nitrogens with zero attached hydrogens (tertiary/aromatic N) is 1. The molecule has 19 heavy (non-hydrogen) atoms. The second-order valence-corrected chi connectivity index (χ2v) is 4.15. The van der Waals surface area contributed by atoms with Crippen LogP contribution in [0.5, 0.6) is 5.75 Å². The maximum atomic E-state index is 13.4. The van der Waals surface area contributed by atoms with Gasteiger partial charge in [0.1, 0.15) is 6.61 Å². The third kappa shape index (κ3) is 3.28. The van der Waals surface area contributed by atoms with Crippen LogP contribution in [-0.4, -0.2) is 4.92 Å². The zero-order valence-electron chi connectivity index (χ0n) is 10.3. The van der Waals surface area contributed by atoms with Crippen molar-refractivity contribution in [1.29, 1.82) is 0 Å². The van der Waals surface area contributed by atoms with Gasteiger partial charge in [0, 0.05) is 12.1 Å². The van der Waals surface area contributed by atoms with Crippen LogP contribution in [0.2, 0.25) is 0 Å². The van der Waals surface area contributed by atoms with Crippen LogP contribution < -0.4 is 4.74 Å². The Morgan fingerprint density at radius 1 is 1.21 bits per heavy atom. The Kier molecular flexibility index (Phi) is 3.75. The Hall–Kier alpha value is -2.43. The first-order valence-corrected chi connectivity index (χ1v) is 5.68. The van der Waals surface area contributed by atoms with E-state index in [1.165, 1.54) is 18.2 Å². The minimum Gasteiger partial charge on any atom is -0.486 e. The van der Waals surface area contributed by atoms with Crippen LogP contribution in [0.3, 0.4) is 0 Å². The van der Waals surface area contributed by atoms with Gasteiger partial charge in [0.15, 0.2) is 11.6 Å². The van der Waals surface area contributed by atoms with Gasteiger partial charge in [0.25, 0.3) is 5.69 Å². The zero-order chi connectivity index (χ0) is 13.8. The lowest BCUT2D eigenvalue weighted by Crippen LogP contribution is -1.98. The van der Waals surface area contributed by atoms with E-state index in [-0.39, 0.29) is 18.0 Å². The molecule has 0 saturated carbocycles. The Bertz CT molecular complexity index is 596. The number of ether oxygens (including phenoxy) is 1. The average Bonchev–Trinajstić information content (AvgIpc) is 2.40. The average molecular weight is 261 g/mol. The Morgan fingerprint density at radius 3 is 2.53 bits per heavy atom. The molecule has 0 fully saturated rings. The minimum absolute atomic E-state index is 0.0190. The third-order valence-electron chi connectivity index (χ3n) is 2.63. The lowest BCUT2D eigenvalue weighted by atomic mass is 10.2. The van der Waals surface area contributed by atoms with Gasteiger partial charge < -0.3 is 4.74 Å². The van der Waals surface area contributed by atoms with Crippen LogP contribution in [-0.2, 0) is 6.61 Å². The molecule has 0 N–H and O–H groups in total. The van der Waals surface area contributed by atoms with E-state index >= 15 is 0 Å². The largest absolute Gasteiger partial charge is 0.486 e. The van der Waals surface area contributed by atoms with Crippen LogP contribution in [0.25, 0.3) is 0 Å². The van der Waals surface area contributed by atoms with Gasteiger partial charge >= 0.3 is 0 Å². The Balaban J connectivity index is 2.06. The molecule has 0 saturated heterocycles. The Morgan fingerprint density at radius 2 is 1.89 bits per heavy atom. The van der Waals surface area contributed by atoms with Crippen molar-refractivity contribution in [2.24, 2.45) is 0 Å². The van der Waals surface area contributed by atoms with Gasteiger partial charge in [0.05, 0.1) is 4.92 Å². The first kappa shape index (κ1) is 13.0. The molecule has 98 valence electrons. The quantitative estimate of drug-likeness (QED) is 0.624. The number of hydrogen-bond donors (Lipinski definition) is 0. The molecule has 0 aromatic heterocycles. The highest BCUT2D eigenvalue weighted by Crippen LogP contribution is 2.20. The first-order valence-electron chi connectivity index (χ1n) is 5.68. The molecule has 0 unspecified atom stereocenters. The summed E-state index contributed by atoms with van der Waals surface area (Å²) in [5.41, 5.74) is 1.66. The number of rotatable bonds is 4. The molecule has 0 aliphatic heterocycles. The van der Waals surface area contributed by atoms with Gasteiger partial charge in [-0.3, -0.25) is 10.1 Å². The molecule has 0 amide bonds. The first-order chi connectivity index (χ1) is 9.06. The molecule has 0 heterocycles. The molecule has 4 nitrogen and oxygen atoms in total. The van der Waals surface area contributed by atoms with Crippen molar-refractivity contribution in [3.05, 3.63) is 69.5 Å². The summed E-state index contributed by atoms with van der Waals surface area (Å²) in [6, 6.07) is 10.6. The number of non-ortho nitro benzene ring substituents is 1. The number of halogens is 1. The molecule has 0 aliphatic rings. The van der Waals surface area contributed by atoms with Gasteiger partial charge in [-0.15, -0.1) is 0 Å². The summed E-state index contributed by atoms with van der Waals surface area (Å²) < 4.78 is 18.8. The normalized spacial score (nSPS) is 10.2. The smallest absolute Gasteiger partial charge is 0.269 e. The summed E-state index contributed by atoms with van der Waals surface area (Å²) in [5.74, 6) is -0.245. The summed E-state index contributed by atoms with van der Waals surface area (Å²) in [5, 5.41) is 10.5. The summed E-state index contributed by atoms with van der Waals surface area (Å²) in [6.07, 6.45) is 0. The van der Waals surface area contributed by atoms with E-state index < -0.39 is 10.7 Å². The predicted octanol–water partition coefficient (Wildman–Crippen LogP) is 3.62. The fourth-order valence-corrected chi connectivity index (χ4v) is 1.60. The Labute approximate surface area is 109 Å². The summed E-state index contributed by atoms with van der Waals surface area (Å²) in [6.45, 7) is 2.01. The van der Waals surface area contributed by atoms with Gasteiger partial charge in [-0.2, -0.15) is 0 Å². The molecule has 0 aliphatic carbocycles.